The Morgan fingerprint density at radius 1 is 1.25 bits per heavy atom. The summed E-state index contributed by atoms with van der Waals surface area (Å²) in [6.07, 6.45) is 1.79. The first-order chi connectivity index (χ1) is 7.58. The molecule has 0 amide bonds. The Morgan fingerprint density at radius 3 is 2.50 bits per heavy atom. The number of hydrogen-bond donors (Lipinski definition) is 0. The zero-order valence-corrected chi connectivity index (χ0v) is 10.4. The third-order valence-corrected chi connectivity index (χ3v) is 3.09. The standard InChI is InChI=1S/C12H14ClN3/c1-8-9(2)15-16(10(8)3)7-11-4-5-12(13)14-6-11/h4-6H,7H2,1-3H3. The molecule has 2 rings (SSSR count). The van der Waals surface area contributed by atoms with E-state index in [1.54, 1.807) is 12.3 Å². The fourth-order valence-electron chi connectivity index (χ4n) is 1.61. The molecular weight excluding hydrogens is 222 g/mol. The summed E-state index contributed by atoms with van der Waals surface area (Å²) in [7, 11) is 0. The fourth-order valence-corrected chi connectivity index (χ4v) is 1.73. The normalized spacial score (nSPS) is 10.8. The molecule has 0 saturated heterocycles. The van der Waals surface area contributed by atoms with Crippen molar-refractivity contribution in [2.45, 2.75) is 27.3 Å². The fraction of sp³-hybridized carbons (Fsp3) is 0.333. The molecular formula is C12H14ClN3. The molecule has 84 valence electrons. The summed E-state index contributed by atoms with van der Waals surface area (Å²) in [6, 6.07) is 3.77. The lowest BCUT2D eigenvalue weighted by Crippen LogP contribution is -2.04. The predicted molar refractivity (Wildman–Crippen MR) is 64.8 cm³/mol. The van der Waals surface area contributed by atoms with Crippen LogP contribution >= 0.6 is 11.6 Å². The SMILES string of the molecule is Cc1nn(Cc2ccc(Cl)nc2)c(C)c1C. The third kappa shape index (κ3) is 2.09. The van der Waals surface area contributed by atoms with Crippen molar-refractivity contribution in [1.82, 2.24) is 14.8 Å². The van der Waals surface area contributed by atoms with Gasteiger partial charge in [0.25, 0.3) is 0 Å². The van der Waals surface area contributed by atoms with E-state index in [1.807, 2.05) is 17.7 Å². The topological polar surface area (TPSA) is 30.7 Å². The molecule has 0 radical (unpaired) electrons. The molecule has 0 aromatic carbocycles. The van der Waals surface area contributed by atoms with Gasteiger partial charge in [0.05, 0.1) is 12.2 Å². The Kier molecular flexibility index (Phi) is 2.97. The number of rotatable bonds is 2. The lowest BCUT2D eigenvalue weighted by atomic mass is 10.2. The second kappa shape index (κ2) is 4.26. The van der Waals surface area contributed by atoms with Crippen LogP contribution in [0.25, 0.3) is 0 Å². The van der Waals surface area contributed by atoms with Crippen LogP contribution in [0.2, 0.25) is 5.15 Å². The molecule has 0 saturated carbocycles. The minimum atomic E-state index is 0.522. The Bertz CT molecular complexity index is 500. The van der Waals surface area contributed by atoms with E-state index in [2.05, 4.69) is 23.9 Å². The Balaban J connectivity index is 2.27. The highest BCUT2D eigenvalue weighted by Gasteiger charge is 2.07. The van der Waals surface area contributed by atoms with Gasteiger partial charge in [-0.15, -0.1) is 0 Å². The van der Waals surface area contributed by atoms with Crippen LogP contribution in [0.4, 0.5) is 0 Å². The highest BCUT2D eigenvalue weighted by atomic mass is 35.5. The van der Waals surface area contributed by atoms with Crippen LogP contribution in [-0.4, -0.2) is 14.8 Å². The van der Waals surface area contributed by atoms with Crippen LogP contribution in [0.3, 0.4) is 0 Å². The Labute approximate surface area is 100 Å². The minimum Gasteiger partial charge on any atom is -0.265 e. The maximum Gasteiger partial charge on any atom is 0.129 e. The van der Waals surface area contributed by atoms with Crippen LogP contribution in [0, 0.1) is 20.8 Å². The smallest absolute Gasteiger partial charge is 0.129 e. The van der Waals surface area contributed by atoms with Crippen molar-refractivity contribution in [2.75, 3.05) is 0 Å². The first-order valence-electron chi connectivity index (χ1n) is 5.19. The van der Waals surface area contributed by atoms with Gasteiger partial charge in [0, 0.05) is 11.9 Å². The molecule has 0 aliphatic carbocycles. The van der Waals surface area contributed by atoms with Gasteiger partial charge in [0.15, 0.2) is 0 Å². The molecule has 0 fully saturated rings. The predicted octanol–water partition coefficient (Wildman–Crippen LogP) is 2.91. The Morgan fingerprint density at radius 2 is 2.00 bits per heavy atom. The van der Waals surface area contributed by atoms with E-state index in [1.165, 1.54) is 11.3 Å². The average molecular weight is 236 g/mol. The van der Waals surface area contributed by atoms with Gasteiger partial charge in [-0.2, -0.15) is 5.10 Å². The summed E-state index contributed by atoms with van der Waals surface area (Å²) in [5.74, 6) is 0. The van der Waals surface area contributed by atoms with Gasteiger partial charge >= 0.3 is 0 Å². The lowest BCUT2D eigenvalue weighted by Gasteiger charge is -2.04. The first kappa shape index (κ1) is 11.1. The van der Waals surface area contributed by atoms with Gasteiger partial charge in [0.1, 0.15) is 5.15 Å². The van der Waals surface area contributed by atoms with E-state index in [0.29, 0.717) is 5.15 Å². The quantitative estimate of drug-likeness (QED) is 0.750. The van der Waals surface area contributed by atoms with Crippen molar-refractivity contribution < 1.29 is 0 Å². The molecule has 4 heteroatoms. The number of pyridine rings is 1. The van der Waals surface area contributed by atoms with Gasteiger partial charge in [0.2, 0.25) is 0 Å². The number of aromatic nitrogens is 3. The summed E-state index contributed by atoms with van der Waals surface area (Å²) in [5, 5.41) is 5.00. The molecule has 2 aromatic rings. The maximum absolute atomic E-state index is 5.74. The van der Waals surface area contributed by atoms with Gasteiger partial charge in [-0.3, -0.25) is 4.68 Å². The van der Waals surface area contributed by atoms with E-state index >= 15 is 0 Å². The molecule has 3 nitrogen and oxygen atoms in total. The van der Waals surface area contributed by atoms with E-state index in [-0.39, 0.29) is 0 Å². The number of aryl methyl sites for hydroxylation is 1. The zero-order valence-electron chi connectivity index (χ0n) is 9.66. The number of hydrogen-bond acceptors (Lipinski definition) is 2. The minimum absolute atomic E-state index is 0.522. The molecule has 2 aromatic heterocycles. The third-order valence-electron chi connectivity index (χ3n) is 2.86. The number of nitrogens with zero attached hydrogens (tertiary/aromatic N) is 3. The maximum atomic E-state index is 5.74. The van der Waals surface area contributed by atoms with Gasteiger partial charge in [-0.25, -0.2) is 4.98 Å². The van der Waals surface area contributed by atoms with Gasteiger partial charge in [-0.05, 0) is 38.0 Å². The van der Waals surface area contributed by atoms with E-state index in [4.69, 9.17) is 11.6 Å². The van der Waals surface area contributed by atoms with Crippen LogP contribution in [-0.2, 0) is 6.54 Å². The molecule has 0 spiro atoms. The van der Waals surface area contributed by atoms with E-state index in [0.717, 1.165) is 17.8 Å². The van der Waals surface area contributed by atoms with Crippen molar-refractivity contribution in [1.29, 1.82) is 0 Å². The average Bonchev–Trinajstić information content (AvgIpc) is 2.50. The summed E-state index contributed by atoms with van der Waals surface area (Å²) < 4.78 is 2.00. The highest BCUT2D eigenvalue weighted by molar-refractivity contribution is 6.29. The van der Waals surface area contributed by atoms with Crippen molar-refractivity contribution >= 4 is 11.6 Å². The molecule has 0 aliphatic rings. The van der Waals surface area contributed by atoms with E-state index in [9.17, 15) is 0 Å². The zero-order chi connectivity index (χ0) is 11.7. The lowest BCUT2D eigenvalue weighted by molar-refractivity contribution is 0.657. The number of halogens is 1. The monoisotopic (exact) mass is 235 g/mol. The molecule has 0 aliphatic heterocycles. The first-order valence-corrected chi connectivity index (χ1v) is 5.57. The molecule has 0 N–H and O–H groups in total. The van der Waals surface area contributed by atoms with Crippen molar-refractivity contribution in [3.05, 3.63) is 46.0 Å². The second-order valence-electron chi connectivity index (χ2n) is 3.94. The van der Waals surface area contributed by atoms with Crippen molar-refractivity contribution in [3.8, 4) is 0 Å². The Hall–Kier alpha value is -1.35. The van der Waals surface area contributed by atoms with E-state index < -0.39 is 0 Å². The highest BCUT2D eigenvalue weighted by Crippen LogP contribution is 2.13. The molecule has 0 atom stereocenters. The van der Waals surface area contributed by atoms with Gasteiger partial charge in [-0.1, -0.05) is 17.7 Å². The van der Waals surface area contributed by atoms with Crippen LogP contribution in [0.15, 0.2) is 18.3 Å². The summed E-state index contributed by atoms with van der Waals surface area (Å²) in [5.41, 5.74) is 4.64. The molecule has 0 unspecified atom stereocenters. The van der Waals surface area contributed by atoms with Crippen LogP contribution < -0.4 is 0 Å². The summed E-state index contributed by atoms with van der Waals surface area (Å²) in [4.78, 5) is 4.06. The van der Waals surface area contributed by atoms with Gasteiger partial charge < -0.3 is 0 Å². The van der Waals surface area contributed by atoms with Crippen molar-refractivity contribution in [3.63, 3.8) is 0 Å². The molecule has 2 heterocycles. The molecule has 0 bridgehead atoms. The second-order valence-corrected chi connectivity index (χ2v) is 4.33. The summed E-state index contributed by atoms with van der Waals surface area (Å²) in [6.45, 7) is 6.94. The summed E-state index contributed by atoms with van der Waals surface area (Å²) >= 11 is 5.74. The van der Waals surface area contributed by atoms with Crippen LogP contribution in [0.1, 0.15) is 22.5 Å². The van der Waals surface area contributed by atoms with Crippen molar-refractivity contribution in [2.24, 2.45) is 0 Å². The molecule has 16 heavy (non-hydrogen) atoms. The van der Waals surface area contributed by atoms with Crippen LogP contribution in [0.5, 0.6) is 0 Å². The largest absolute Gasteiger partial charge is 0.265 e.